The molecule has 0 amide bonds. The van der Waals surface area contributed by atoms with Gasteiger partial charge in [-0.2, -0.15) is 0 Å². The van der Waals surface area contributed by atoms with Gasteiger partial charge in [0.2, 0.25) is 0 Å². The minimum atomic E-state index is -2.56. The summed E-state index contributed by atoms with van der Waals surface area (Å²) in [6, 6.07) is 0. The average molecular weight is 315 g/mol. The van der Waals surface area contributed by atoms with Crippen LogP contribution in [0.25, 0.3) is 0 Å². The van der Waals surface area contributed by atoms with Gasteiger partial charge in [0, 0.05) is 0 Å². The van der Waals surface area contributed by atoms with Gasteiger partial charge in [-0.1, -0.05) is 0 Å². The van der Waals surface area contributed by atoms with E-state index < -0.39 is 17.4 Å². The van der Waals surface area contributed by atoms with Crippen molar-refractivity contribution in [1.29, 1.82) is 0 Å². The van der Waals surface area contributed by atoms with Crippen molar-refractivity contribution in [2.45, 2.75) is 33.6 Å². The molecule has 0 unspecified atom stereocenters. The van der Waals surface area contributed by atoms with Gasteiger partial charge in [-0.3, -0.25) is 0 Å². The molecule has 0 aliphatic heterocycles. The molecule has 0 bridgehead atoms. The molecule has 0 atom stereocenters. The third-order valence-corrected chi connectivity index (χ3v) is 12.0. The second-order valence-electron chi connectivity index (χ2n) is 7.67. The SMILES string of the molecule is C[N](C)[Ti]([C]1=C(CC(C)(C)C)C=CC1)([N](C)C)[N](C)C. The second kappa shape index (κ2) is 6.45. The van der Waals surface area contributed by atoms with Crippen LogP contribution in [0.2, 0.25) is 0 Å². The molecule has 1 rings (SSSR count). The normalized spacial score (nSPS) is 17.2. The first kappa shape index (κ1) is 18.1. The Balaban J connectivity index is 3.36. The second-order valence-corrected chi connectivity index (χ2v) is 14.8. The van der Waals surface area contributed by atoms with Gasteiger partial charge < -0.3 is 0 Å². The molecule has 0 radical (unpaired) electrons. The molecule has 116 valence electrons. The van der Waals surface area contributed by atoms with Gasteiger partial charge in [0.05, 0.1) is 0 Å². The molecule has 0 saturated heterocycles. The first-order chi connectivity index (χ1) is 9.03. The van der Waals surface area contributed by atoms with Crippen LogP contribution in [0, 0.1) is 5.41 Å². The Morgan fingerprint density at radius 1 is 0.950 bits per heavy atom. The molecule has 0 fully saturated rings. The van der Waals surface area contributed by atoms with Crippen molar-refractivity contribution < 1.29 is 17.4 Å². The van der Waals surface area contributed by atoms with Crippen molar-refractivity contribution in [2.24, 2.45) is 5.41 Å². The Morgan fingerprint density at radius 3 is 1.75 bits per heavy atom. The van der Waals surface area contributed by atoms with Crippen molar-refractivity contribution in [1.82, 2.24) is 10.1 Å². The van der Waals surface area contributed by atoms with Crippen LogP contribution < -0.4 is 0 Å². The molecule has 0 heterocycles. The molecule has 0 spiro atoms. The van der Waals surface area contributed by atoms with Crippen molar-refractivity contribution in [3.05, 3.63) is 21.6 Å². The van der Waals surface area contributed by atoms with E-state index in [0.29, 0.717) is 5.41 Å². The average Bonchev–Trinajstić information content (AvgIpc) is 2.63. The van der Waals surface area contributed by atoms with Gasteiger partial charge >= 0.3 is 130 Å². The zero-order valence-corrected chi connectivity index (χ0v) is 16.5. The van der Waals surface area contributed by atoms with Crippen molar-refractivity contribution in [2.75, 3.05) is 42.3 Å². The van der Waals surface area contributed by atoms with E-state index in [-0.39, 0.29) is 0 Å². The fourth-order valence-corrected chi connectivity index (χ4v) is 11.5. The minimum absolute atomic E-state index is 0.341. The zero-order chi connectivity index (χ0) is 15.7. The number of allylic oxidation sites excluding steroid dienone is 4. The van der Waals surface area contributed by atoms with Crippen LogP contribution in [0.3, 0.4) is 0 Å². The zero-order valence-electron chi connectivity index (χ0n) is 14.9. The predicted molar refractivity (Wildman–Crippen MR) is 85.9 cm³/mol. The van der Waals surface area contributed by atoms with Crippen molar-refractivity contribution in [3.63, 3.8) is 0 Å². The Bertz CT molecular complexity index is 379. The maximum atomic E-state index is 2.50. The third kappa shape index (κ3) is 3.45. The monoisotopic (exact) mass is 315 g/mol. The molecule has 0 N–H and O–H groups in total. The first-order valence-corrected chi connectivity index (χ1v) is 10.3. The summed E-state index contributed by atoms with van der Waals surface area (Å²) < 4.78 is 9.21. The quantitative estimate of drug-likeness (QED) is 0.721. The molecule has 0 aromatic rings. The van der Waals surface area contributed by atoms with E-state index in [4.69, 9.17) is 0 Å². The molecule has 20 heavy (non-hydrogen) atoms. The summed E-state index contributed by atoms with van der Waals surface area (Å²) in [6.45, 7) is 7.00. The van der Waals surface area contributed by atoms with E-state index in [1.165, 1.54) is 6.42 Å². The van der Waals surface area contributed by atoms with E-state index in [0.717, 1.165) is 6.42 Å². The third-order valence-electron chi connectivity index (χ3n) is 4.03. The van der Waals surface area contributed by atoms with E-state index in [9.17, 15) is 0 Å². The Hall–Kier alpha value is 0.0743. The Morgan fingerprint density at radius 2 is 1.40 bits per heavy atom. The van der Waals surface area contributed by atoms with Gasteiger partial charge in [0.25, 0.3) is 0 Å². The summed E-state index contributed by atoms with van der Waals surface area (Å²) in [5, 5.41) is 0. The summed E-state index contributed by atoms with van der Waals surface area (Å²) in [7, 11) is 13.5. The molecule has 0 aromatic heterocycles. The summed E-state index contributed by atoms with van der Waals surface area (Å²) >= 11 is -2.56. The van der Waals surface area contributed by atoms with Gasteiger partial charge in [0.1, 0.15) is 0 Å². The molecule has 3 nitrogen and oxygen atoms in total. The molecule has 0 saturated carbocycles. The summed E-state index contributed by atoms with van der Waals surface area (Å²) in [6.07, 6.45) is 7.02. The molecule has 1 aliphatic rings. The molecule has 1 aliphatic carbocycles. The molecule has 4 heteroatoms. The van der Waals surface area contributed by atoms with Crippen LogP contribution in [0.4, 0.5) is 0 Å². The maximum absolute atomic E-state index is 2.56. The fraction of sp³-hybridized carbons (Fsp3) is 0.750. The van der Waals surface area contributed by atoms with E-state index in [1.807, 2.05) is 0 Å². The first-order valence-electron chi connectivity index (χ1n) is 7.45. The number of hydrogen-bond acceptors (Lipinski definition) is 3. The number of rotatable bonds is 5. The van der Waals surface area contributed by atoms with Crippen LogP contribution in [-0.4, -0.2) is 52.4 Å². The Kier molecular flexibility index (Phi) is 5.85. The van der Waals surface area contributed by atoms with Crippen LogP contribution in [-0.2, 0) is 17.4 Å². The van der Waals surface area contributed by atoms with Crippen molar-refractivity contribution in [3.8, 4) is 0 Å². The van der Waals surface area contributed by atoms with Crippen LogP contribution in [0.15, 0.2) is 21.6 Å². The summed E-state index contributed by atoms with van der Waals surface area (Å²) in [5.41, 5.74) is 1.92. The van der Waals surface area contributed by atoms with Crippen molar-refractivity contribution >= 4 is 0 Å². The summed E-state index contributed by atoms with van der Waals surface area (Å²) in [5.74, 6) is 0. The fourth-order valence-electron chi connectivity index (χ4n) is 3.65. The topological polar surface area (TPSA) is 9.72 Å². The Labute approximate surface area is 130 Å². The number of nitrogens with zero attached hydrogens (tertiary/aromatic N) is 3. The van der Waals surface area contributed by atoms with Crippen LogP contribution in [0.5, 0.6) is 0 Å². The van der Waals surface area contributed by atoms with Crippen LogP contribution >= 0.6 is 0 Å². The summed E-state index contributed by atoms with van der Waals surface area (Å²) in [4.78, 5) is 0. The van der Waals surface area contributed by atoms with E-state index in [1.54, 1.807) is 9.45 Å². The van der Waals surface area contributed by atoms with E-state index in [2.05, 4.69) is 85.4 Å². The van der Waals surface area contributed by atoms with Crippen LogP contribution in [0.1, 0.15) is 33.6 Å². The van der Waals surface area contributed by atoms with Gasteiger partial charge in [-0.05, 0) is 0 Å². The molecular formula is C16H33N3Ti. The number of hydrogen-bond donors (Lipinski definition) is 0. The van der Waals surface area contributed by atoms with Gasteiger partial charge in [-0.25, -0.2) is 0 Å². The van der Waals surface area contributed by atoms with Gasteiger partial charge in [-0.15, -0.1) is 0 Å². The molecule has 0 aromatic carbocycles. The molecular weight excluding hydrogens is 282 g/mol. The predicted octanol–water partition coefficient (Wildman–Crippen LogP) is 3.22. The van der Waals surface area contributed by atoms with Gasteiger partial charge in [0.15, 0.2) is 0 Å². The van der Waals surface area contributed by atoms with E-state index >= 15 is 0 Å². The standard InChI is InChI=1S/C10H15.3C2H6N.Ti/c1-10(2,3)8-9-6-4-5-7-9;3*1-3-2;/h4,6H,5,8H2,1-3H3;3*1-2H3;/q;3*-1;+3.